The molecule has 98 valence electrons. The lowest BCUT2D eigenvalue weighted by Crippen LogP contribution is -2.30. The molecule has 5 nitrogen and oxygen atoms in total. The van der Waals surface area contributed by atoms with Crippen molar-refractivity contribution in [2.75, 3.05) is 13.1 Å². The van der Waals surface area contributed by atoms with Gasteiger partial charge >= 0.3 is 5.69 Å². The monoisotopic (exact) mass is 254 g/mol. The number of hydrogen-bond donors (Lipinski definition) is 2. The summed E-state index contributed by atoms with van der Waals surface area (Å²) < 4.78 is 13.3. The van der Waals surface area contributed by atoms with Gasteiger partial charge in [-0.1, -0.05) is 0 Å². The van der Waals surface area contributed by atoms with Crippen LogP contribution in [0.5, 0.6) is 5.75 Å². The van der Waals surface area contributed by atoms with E-state index in [2.05, 4.69) is 5.32 Å². The smallest absolute Gasteiger partial charge is 0.313 e. The maximum absolute atomic E-state index is 13.3. The van der Waals surface area contributed by atoms with Gasteiger partial charge in [-0.15, -0.1) is 0 Å². The van der Waals surface area contributed by atoms with Gasteiger partial charge in [-0.3, -0.25) is 10.1 Å². The molecule has 1 aliphatic heterocycles. The average Bonchev–Trinajstić information content (AvgIpc) is 2.34. The van der Waals surface area contributed by atoms with E-state index in [1.54, 1.807) is 0 Å². The summed E-state index contributed by atoms with van der Waals surface area (Å²) in [7, 11) is 0. The number of hydrogen-bond acceptors (Lipinski definition) is 4. The summed E-state index contributed by atoms with van der Waals surface area (Å²) in [6, 6.07) is 1.93. The molecular weight excluding hydrogens is 239 g/mol. The Balaban J connectivity index is 2.23. The van der Waals surface area contributed by atoms with Gasteiger partial charge in [-0.2, -0.15) is 0 Å². The number of benzene rings is 1. The summed E-state index contributed by atoms with van der Waals surface area (Å²) in [5.74, 6) is -0.809. The Labute approximate surface area is 104 Å². The van der Waals surface area contributed by atoms with Crippen LogP contribution in [0.15, 0.2) is 12.1 Å². The zero-order chi connectivity index (χ0) is 13.1. The van der Waals surface area contributed by atoms with Gasteiger partial charge in [0, 0.05) is 5.56 Å². The van der Waals surface area contributed by atoms with Gasteiger partial charge in [0.15, 0.2) is 5.75 Å². The van der Waals surface area contributed by atoms with Crippen LogP contribution in [-0.4, -0.2) is 23.1 Å². The minimum absolute atomic E-state index is 0.283. The summed E-state index contributed by atoms with van der Waals surface area (Å²) in [4.78, 5) is 9.92. The summed E-state index contributed by atoms with van der Waals surface area (Å²) >= 11 is 0. The van der Waals surface area contributed by atoms with Gasteiger partial charge in [0.25, 0.3) is 0 Å². The lowest BCUT2D eigenvalue weighted by atomic mass is 9.91. The molecule has 1 aromatic rings. The predicted molar refractivity (Wildman–Crippen MR) is 64.0 cm³/mol. The van der Waals surface area contributed by atoms with Crippen molar-refractivity contribution in [1.29, 1.82) is 0 Å². The molecule has 1 saturated heterocycles. The number of aromatic hydroxyl groups is 1. The average molecular weight is 254 g/mol. The van der Waals surface area contributed by atoms with E-state index >= 15 is 0 Å². The fraction of sp³-hybridized carbons (Fsp3) is 0.500. The number of halogens is 1. The first-order valence-corrected chi connectivity index (χ1v) is 5.94. The standard InChI is InChI=1S/C12H15FN2O3/c13-10-5-9(4-8-2-1-3-14-7-8)12(16)11(6-10)15(17)18/h5-6,8,14,16H,1-4,7H2. The van der Waals surface area contributed by atoms with Crippen molar-refractivity contribution >= 4 is 5.69 Å². The lowest BCUT2D eigenvalue weighted by molar-refractivity contribution is -0.386. The van der Waals surface area contributed by atoms with Crippen LogP contribution in [0.1, 0.15) is 18.4 Å². The van der Waals surface area contributed by atoms with Crippen LogP contribution in [0.3, 0.4) is 0 Å². The maximum atomic E-state index is 13.3. The Kier molecular flexibility index (Phi) is 3.76. The van der Waals surface area contributed by atoms with Crippen molar-refractivity contribution in [2.45, 2.75) is 19.3 Å². The summed E-state index contributed by atoms with van der Waals surface area (Å²) in [5.41, 5.74) is -0.246. The molecule has 6 heteroatoms. The zero-order valence-electron chi connectivity index (χ0n) is 9.86. The Bertz CT molecular complexity index is 459. The molecular formula is C12H15FN2O3. The number of nitrogens with one attached hydrogen (secondary N) is 1. The highest BCUT2D eigenvalue weighted by Crippen LogP contribution is 2.33. The Morgan fingerprint density at radius 1 is 1.56 bits per heavy atom. The van der Waals surface area contributed by atoms with Crippen LogP contribution < -0.4 is 5.32 Å². The number of piperidine rings is 1. The molecule has 0 amide bonds. The lowest BCUT2D eigenvalue weighted by Gasteiger charge is -2.22. The molecule has 0 spiro atoms. The van der Waals surface area contributed by atoms with E-state index < -0.39 is 22.2 Å². The predicted octanol–water partition coefficient (Wildman–Crippen LogP) is 1.98. The molecule has 1 aromatic carbocycles. The largest absolute Gasteiger partial charge is 0.502 e. The van der Waals surface area contributed by atoms with E-state index in [0.29, 0.717) is 12.0 Å². The Hall–Kier alpha value is -1.69. The summed E-state index contributed by atoms with van der Waals surface area (Å²) in [5, 5.41) is 23.7. The third-order valence-corrected chi connectivity index (χ3v) is 3.24. The SMILES string of the molecule is O=[N+]([O-])c1cc(F)cc(CC2CCCNC2)c1O. The minimum Gasteiger partial charge on any atom is -0.502 e. The van der Waals surface area contributed by atoms with Gasteiger partial charge in [0.1, 0.15) is 5.82 Å². The van der Waals surface area contributed by atoms with Crippen LogP contribution in [0, 0.1) is 21.8 Å². The molecule has 1 atom stereocenters. The van der Waals surface area contributed by atoms with Gasteiger partial charge in [-0.25, -0.2) is 4.39 Å². The maximum Gasteiger partial charge on any atom is 0.313 e. The van der Waals surface area contributed by atoms with Crippen LogP contribution in [0.4, 0.5) is 10.1 Å². The fourth-order valence-electron chi connectivity index (χ4n) is 2.34. The van der Waals surface area contributed by atoms with Gasteiger partial charge in [0.2, 0.25) is 0 Å². The molecule has 1 unspecified atom stereocenters. The minimum atomic E-state index is -0.763. The van der Waals surface area contributed by atoms with E-state index in [4.69, 9.17) is 0 Å². The molecule has 1 fully saturated rings. The van der Waals surface area contributed by atoms with Crippen LogP contribution in [0.2, 0.25) is 0 Å². The molecule has 0 bridgehead atoms. The zero-order valence-corrected chi connectivity index (χ0v) is 9.86. The van der Waals surface area contributed by atoms with Crippen molar-refractivity contribution in [2.24, 2.45) is 5.92 Å². The number of phenols is 1. The third kappa shape index (κ3) is 2.76. The first-order chi connectivity index (χ1) is 8.58. The topological polar surface area (TPSA) is 75.4 Å². The second-order valence-electron chi connectivity index (χ2n) is 4.61. The van der Waals surface area contributed by atoms with Crippen LogP contribution in [0.25, 0.3) is 0 Å². The number of nitrogens with zero attached hydrogens (tertiary/aromatic N) is 1. The highest BCUT2D eigenvalue weighted by molar-refractivity contribution is 5.51. The van der Waals surface area contributed by atoms with E-state index in [1.807, 2.05) is 0 Å². The Morgan fingerprint density at radius 3 is 2.94 bits per heavy atom. The van der Waals surface area contributed by atoms with E-state index in [9.17, 15) is 19.6 Å². The fourth-order valence-corrected chi connectivity index (χ4v) is 2.34. The molecule has 1 aliphatic rings. The van der Waals surface area contributed by atoms with E-state index in [0.717, 1.165) is 32.0 Å². The third-order valence-electron chi connectivity index (χ3n) is 3.24. The molecule has 0 aliphatic carbocycles. The second kappa shape index (κ2) is 5.30. The van der Waals surface area contributed by atoms with E-state index in [1.165, 1.54) is 6.07 Å². The summed E-state index contributed by atoms with van der Waals surface area (Å²) in [6.45, 7) is 1.76. The highest BCUT2D eigenvalue weighted by Gasteiger charge is 2.22. The van der Waals surface area contributed by atoms with Gasteiger partial charge in [-0.05, 0) is 44.3 Å². The van der Waals surface area contributed by atoms with Gasteiger partial charge < -0.3 is 10.4 Å². The van der Waals surface area contributed by atoms with E-state index in [-0.39, 0.29) is 5.92 Å². The first-order valence-electron chi connectivity index (χ1n) is 5.94. The number of nitro groups is 1. The van der Waals surface area contributed by atoms with Crippen LogP contribution in [-0.2, 0) is 6.42 Å². The quantitative estimate of drug-likeness (QED) is 0.639. The second-order valence-corrected chi connectivity index (χ2v) is 4.61. The molecule has 1 heterocycles. The summed E-state index contributed by atoms with van der Waals surface area (Å²) in [6.07, 6.45) is 2.47. The van der Waals surface area contributed by atoms with Crippen molar-refractivity contribution in [1.82, 2.24) is 5.32 Å². The molecule has 0 saturated carbocycles. The highest BCUT2D eigenvalue weighted by atomic mass is 19.1. The first kappa shape index (κ1) is 12.8. The van der Waals surface area contributed by atoms with Crippen LogP contribution >= 0.6 is 0 Å². The molecule has 0 aromatic heterocycles. The van der Waals surface area contributed by atoms with Crippen molar-refractivity contribution in [3.63, 3.8) is 0 Å². The number of rotatable bonds is 3. The molecule has 2 N–H and O–H groups in total. The molecule has 2 rings (SSSR count). The molecule has 0 radical (unpaired) electrons. The molecule has 18 heavy (non-hydrogen) atoms. The Morgan fingerprint density at radius 2 is 2.33 bits per heavy atom. The van der Waals surface area contributed by atoms with Crippen molar-refractivity contribution < 1.29 is 14.4 Å². The van der Waals surface area contributed by atoms with Crippen molar-refractivity contribution in [3.05, 3.63) is 33.6 Å². The number of nitro benzene ring substituents is 1. The van der Waals surface area contributed by atoms with Gasteiger partial charge in [0.05, 0.1) is 11.0 Å². The van der Waals surface area contributed by atoms with Crippen molar-refractivity contribution in [3.8, 4) is 5.75 Å². The number of phenolic OH excluding ortho intramolecular Hbond substituents is 1. The normalized spacial score (nSPS) is 19.7.